The second-order valence-electron chi connectivity index (χ2n) is 6.58. The number of rotatable bonds is 11. The van der Waals surface area contributed by atoms with Crippen molar-refractivity contribution in [3.05, 3.63) is 35.1 Å². The van der Waals surface area contributed by atoms with E-state index in [1.54, 1.807) is 22.5 Å². The maximum atomic E-state index is 12.2. The van der Waals surface area contributed by atoms with Gasteiger partial charge in [-0.15, -0.1) is 11.3 Å². The number of hydrogen-bond donors (Lipinski definition) is 1. The van der Waals surface area contributed by atoms with Crippen LogP contribution in [0.15, 0.2) is 28.2 Å². The minimum Gasteiger partial charge on any atom is -0.481 e. The number of hydrogen-bond acceptors (Lipinski definition) is 4. The van der Waals surface area contributed by atoms with Gasteiger partial charge >= 0.3 is 5.97 Å². The topological polar surface area (TPSA) is 70.8 Å². The van der Waals surface area contributed by atoms with Crippen molar-refractivity contribution in [3.63, 3.8) is 0 Å². The van der Waals surface area contributed by atoms with Crippen molar-refractivity contribution in [1.29, 1.82) is 0 Å². The number of unbranched alkanes of at least 4 members (excludes halogenated alkanes) is 3. The molecule has 2 rings (SSSR count). The molecule has 2 heterocycles. The normalized spacial score (nSPS) is 10.8. The maximum absolute atomic E-state index is 12.2. The number of carbonyl (C=O) groups excluding carboxylic acids is 1. The van der Waals surface area contributed by atoms with E-state index in [4.69, 9.17) is 9.52 Å². The minimum absolute atomic E-state index is 0.0633. The third kappa shape index (κ3) is 6.33. The molecule has 1 N–H and O–H groups in total. The summed E-state index contributed by atoms with van der Waals surface area (Å²) in [5.74, 6) is 0.0357. The lowest BCUT2D eigenvalue weighted by molar-refractivity contribution is -0.137. The van der Waals surface area contributed by atoms with Gasteiger partial charge in [0.15, 0.2) is 0 Å². The van der Waals surface area contributed by atoms with Crippen molar-refractivity contribution in [3.8, 4) is 10.4 Å². The number of aryl methyl sites for hydroxylation is 1. The Balaban J connectivity index is 1.87. The van der Waals surface area contributed by atoms with E-state index in [2.05, 4.69) is 18.4 Å². The van der Waals surface area contributed by atoms with Gasteiger partial charge in [0.2, 0.25) is 5.91 Å². The summed E-state index contributed by atoms with van der Waals surface area (Å²) < 4.78 is 5.44. The summed E-state index contributed by atoms with van der Waals surface area (Å²) in [6.45, 7) is 2.77. The van der Waals surface area contributed by atoms with Crippen LogP contribution in [0.3, 0.4) is 0 Å². The number of furan rings is 1. The Kier molecular flexibility index (Phi) is 7.91. The summed E-state index contributed by atoms with van der Waals surface area (Å²) in [6.07, 6.45) is 7.16. The summed E-state index contributed by atoms with van der Waals surface area (Å²) in [4.78, 5) is 25.7. The summed E-state index contributed by atoms with van der Waals surface area (Å²) in [6, 6.07) is 3.96. The third-order valence-electron chi connectivity index (χ3n) is 4.27. The van der Waals surface area contributed by atoms with E-state index in [1.807, 2.05) is 13.1 Å². The van der Waals surface area contributed by atoms with Crippen molar-refractivity contribution in [2.45, 2.75) is 58.4 Å². The van der Waals surface area contributed by atoms with Crippen LogP contribution in [0, 0.1) is 0 Å². The Hall–Kier alpha value is -2.08. The number of nitrogens with zero attached hydrogens (tertiary/aromatic N) is 1. The predicted molar refractivity (Wildman–Crippen MR) is 103 cm³/mol. The zero-order valence-electron chi connectivity index (χ0n) is 15.5. The Morgan fingerprint density at radius 3 is 2.73 bits per heavy atom. The highest BCUT2D eigenvalue weighted by Crippen LogP contribution is 2.29. The first kappa shape index (κ1) is 20.2. The van der Waals surface area contributed by atoms with Crippen LogP contribution < -0.4 is 0 Å². The van der Waals surface area contributed by atoms with Gasteiger partial charge in [-0.2, -0.15) is 0 Å². The Morgan fingerprint density at radius 1 is 1.19 bits per heavy atom. The maximum Gasteiger partial charge on any atom is 0.303 e. The van der Waals surface area contributed by atoms with E-state index in [9.17, 15) is 9.59 Å². The van der Waals surface area contributed by atoms with Crippen molar-refractivity contribution < 1.29 is 19.1 Å². The molecule has 0 aliphatic carbocycles. The molecular formula is C20H27NO4S. The van der Waals surface area contributed by atoms with Crippen LogP contribution >= 0.6 is 11.3 Å². The van der Waals surface area contributed by atoms with Crippen LogP contribution in [0.25, 0.3) is 10.4 Å². The fraction of sp³-hybridized carbons (Fsp3) is 0.500. The number of thiophene rings is 1. The van der Waals surface area contributed by atoms with Crippen molar-refractivity contribution >= 4 is 23.2 Å². The highest BCUT2D eigenvalue weighted by atomic mass is 32.1. The second kappa shape index (κ2) is 10.2. The van der Waals surface area contributed by atoms with Crippen LogP contribution in [0.1, 0.15) is 56.8 Å². The quantitative estimate of drug-likeness (QED) is 0.562. The van der Waals surface area contributed by atoms with Crippen molar-refractivity contribution in [2.75, 3.05) is 7.05 Å². The average Bonchev–Trinajstić information content (AvgIpc) is 3.25. The molecule has 0 aliphatic heterocycles. The molecule has 1 amide bonds. The molecule has 0 unspecified atom stereocenters. The fourth-order valence-corrected chi connectivity index (χ4v) is 3.62. The van der Waals surface area contributed by atoms with Gasteiger partial charge in [0.05, 0.1) is 12.7 Å². The van der Waals surface area contributed by atoms with Crippen LogP contribution in [-0.4, -0.2) is 28.9 Å². The number of carboxylic acids is 1. The first-order valence-electron chi connectivity index (χ1n) is 9.10. The number of amides is 1. The van der Waals surface area contributed by atoms with E-state index >= 15 is 0 Å². The van der Waals surface area contributed by atoms with Crippen LogP contribution in [0.5, 0.6) is 0 Å². The Bertz CT molecular complexity index is 719. The molecule has 5 nitrogen and oxygen atoms in total. The smallest absolute Gasteiger partial charge is 0.303 e. The molecule has 2 aromatic rings. The molecule has 0 radical (unpaired) electrons. The molecular weight excluding hydrogens is 350 g/mol. The minimum atomic E-state index is -0.830. The van der Waals surface area contributed by atoms with Crippen molar-refractivity contribution in [2.24, 2.45) is 0 Å². The molecule has 0 aromatic carbocycles. The highest BCUT2D eigenvalue weighted by molar-refractivity contribution is 7.13. The molecule has 0 spiro atoms. The average molecular weight is 378 g/mol. The summed E-state index contributed by atoms with van der Waals surface area (Å²) in [5, 5.41) is 10.8. The van der Waals surface area contributed by atoms with E-state index in [0.29, 0.717) is 25.1 Å². The monoisotopic (exact) mass is 377 g/mol. The molecule has 0 aliphatic rings. The lowest BCUT2D eigenvalue weighted by Crippen LogP contribution is -2.25. The Morgan fingerprint density at radius 2 is 2.00 bits per heavy atom. The van der Waals surface area contributed by atoms with Gasteiger partial charge in [0.1, 0.15) is 5.76 Å². The zero-order chi connectivity index (χ0) is 18.9. The summed E-state index contributed by atoms with van der Waals surface area (Å²) in [7, 11) is 1.85. The van der Waals surface area contributed by atoms with E-state index in [-0.39, 0.29) is 12.3 Å². The van der Waals surface area contributed by atoms with Gasteiger partial charge in [-0.25, -0.2) is 0 Å². The summed E-state index contributed by atoms with van der Waals surface area (Å²) >= 11 is 1.60. The Labute approximate surface area is 158 Å². The molecule has 0 bridgehead atoms. The van der Waals surface area contributed by atoms with Gasteiger partial charge in [0.25, 0.3) is 0 Å². The first-order valence-corrected chi connectivity index (χ1v) is 9.98. The first-order chi connectivity index (χ1) is 12.5. The number of carbonyl (C=O) groups is 2. The number of aliphatic carboxylic acids is 1. The van der Waals surface area contributed by atoms with Gasteiger partial charge in [-0.05, 0) is 29.5 Å². The molecule has 0 atom stereocenters. The lowest BCUT2D eigenvalue weighted by atomic mass is 10.1. The van der Waals surface area contributed by atoms with Gasteiger partial charge in [-0.1, -0.05) is 26.2 Å². The lowest BCUT2D eigenvalue weighted by Gasteiger charge is -2.16. The van der Waals surface area contributed by atoms with Gasteiger partial charge in [-0.3, -0.25) is 9.59 Å². The molecule has 0 saturated heterocycles. The summed E-state index contributed by atoms with van der Waals surface area (Å²) in [5.41, 5.74) is 2.05. The predicted octanol–water partition coefficient (Wildman–Crippen LogP) is 4.95. The largest absolute Gasteiger partial charge is 0.481 e. The van der Waals surface area contributed by atoms with Gasteiger partial charge in [0, 0.05) is 36.9 Å². The molecule has 6 heteroatoms. The highest BCUT2D eigenvalue weighted by Gasteiger charge is 2.12. The number of carboxylic acid groups (broad SMARTS) is 1. The third-order valence-corrected chi connectivity index (χ3v) is 5.30. The molecule has 26 heavy (non-hydrogen) atoms. The molecule has 142 valence electrons. The van der Waals surface area contributed by atoms with Crippen LogP contribution in [0.4, 0.5) is 0 Å². The molecule has 0 fully saturated rings. The SMILES string of the molecule is CCCCCCC(=O)N(C)Cc1csc(-c2coc(CCC(=O)O)c2)c1. The molecule has 2 aromatic heterocycles. The van der Waals surface area contributed by atoms with Crippen molar-refractivity contribution in [1.82, 2.24) is 4.90 Å². The fourth-order valence-electron chi connectivity index (χ4n) is 2.74. The standard InChI is InChI=1S/C20H27NO4S/c1-3-4-5-6-7-19(22)21(2)12-15-10-18(26-14-15)16-11-17(25-13-16)8-9-20(23)24/h10-11,13-14H,3-9,12H2,1-2H3,(H,23,24). The van der Waals surface area contributed by atoms with Crippen LogP contribution in [0.2, 0.25) is 0 Å². The zero-order valence-corrected chi connectivity index (χ0v) is 16.3. The van der Waals surface area contributed by atoms with E-state index in [1.165, 1.54) is 12.8 Å². The second-order valence-corrected chi connectivity index (χ2v) is 7.49. The van der Waals surface area contributed by atoms with E-state index in [0.717, 1.165) is 28.8 Å². The van der Waals surface area contributed by atoms with E-state index < -0.39 is 5.97 Å². The molecule has 0 saturated carbocycles. The van der Waals surface area contributed by atoms with Gasteiger partial charge < -0.3 is 14.4 Å². The van der Waals surface area contributed by atoms with Crippen LogP contribution in [-0.2, 0) is 22.6 Å².